The Labute approximate surface area is 158 Å². The first-order chi connectivity index (χ1) is 12.7. The average Bonchev–Trinajstić information content (AvgIpc) is 3.17. The Hall–Kier alpha value is -2.56. The monoisotopic (exact) mass is 403 g/mol. The van der Waals surface area contributed by atoms with Gasteiger partial charge in [-0.3, -0.25) is 9.80 Å². The highest BCUT2D eigenvalue weighted by atomic mass is 32.1. The van der Waals surface area contributed by atoms with Crippen LogP contribution in [0.5, 0.6) is 0 Å². The standard InChI is InChI=1S/C16H16F3N3O4S/c1-9(27)20-7-11-8-22(15(24)26-11)10-2-3-13(12(6-10)16(17,18)19)21-4-5-25-14(21)23/h2-3,6,11H,4-5,7-8H2,1H3,(H,20,27). The van der Waals surface area contributed by atoms with Crippen LogP contribution in [0.2, 0.25) is 0 Å². The molecule has 0 aliphatic carbocycles. The number of carbonyl (C=O) groups excluding carboxylic acids is 2. The molecule has 0 saturated carbocycles. The molecule has 2 amide bonds. The van der Waals surface area contributed by atoms with Crippen LogP contribution in [0.3, 0.4) is 0 Å². The number of anilines is 2. The summed E-state index contributed by atoms with van der Waals surface area (Å²) in [4.78, 5) is 26.3. The van der Waals surface area contributed by atoms with Gasteiger partial charge in [-0.1, -0.05) is 12.2 Å². The van der Waals surface area contributed by atoms with Crippen molar-refractivity contribution in [3.05, 3.63) is 23.8 Å². The molecule has 0 aromatic heterocycles. The number of hydrogen-bond acceptors (Lipinski definition) is 5. The first-order valence-electron chi connectivity index (χ1n) is 8.05. The molecule has 2 saturated heterocycles. The molecule has 1 aromatic carbocycles. The summed E-state index contributed by atoms with van der Waals surface area (Å²) in [6, 6.07) is 3.34. The van der Waals surface area contributed by atoms with Crippen LogP contribution in [0.25, 0.3) is 0 Å². The van der Waals surface area contributed by atoms with E-state index in [2.05, 4.69) is 5.32 Å². The maximum atomic E-state index is 13.5. The lowest BCUT2D eigenvalue weighted by molar-refractivity contribution is -0.137. The number of cyclic esters (lactones) is 2. The Kier molecular flexibility index (Phi) is 5.13. The van der Waals surface area contributed by atoms with Gasteiger partial charge in [-0.25, -0.2) is 9.59 Å². The predicted molar refractivity (Wildman–Crippen MR) is 94.0 cm³/mol. The minimum absolute atomic E-state index is 0.0182. The van der Waals surface area contributed by atoms with Crippen LogP contribution in [0.15, 0.2) is 18.2 Å². The smallest absolute Gasteiger partial charge is 0.418 e. The fourth-order valence-electron chi connectivity index (χ4n) is 2.86. The molecular weight excluding hydrogens is 387 g/mol. The van der Waals surface area contributed by atoms with Gasteiger partial charge in [0.15, 0.2) is 0 Å². The number of amides is 2. The third-order valence-corrected chi connectivity index (χ3v) is 4.25. The molecule has 2 heterocycles. The number of halogens is 3. The van der Waals surface area contributed by atoms with Crippen molar-refractivity contribution >= 4 is 40.8 Å². The van der Waals surface area contributed by atoms with E-state index in [1.807, 2.05) is 0 Å². The fourth-order valence-corrected chi connectivity index (χ4v) is 2.95. The van der Waals surface area contributed by atoms with Gasteiger partial charge in [0.2, 0.25) is 0 Å². The average molecular weight is 403 g/mol. The van der Waals surface area contributed by atoms with Crippen molar-refractivity contribution in [2.24, 2.45) is 0 Å². The van der Waals surface area contributed by atoms with Crippen LogP contribution in [0, 0.1) is 0 Å². The highest BCUT2D eigenvalue weighted by Gasteiger charge is 2.40. The number of carbonyl (C=O) groups is 2. The van der Waals surface area contributed by atoms with Gasteiger partial charge in [-0.15, -0.1) is 0 Å². The van der Waals surface area contributed by atoms with E-state index in [0.29, 0.717) is 4.99 Å². The van der Waals surface area contributed by atoms with E-state index in [4.69, 9.17) is 21.7 Å². The van der Waals surface area contributed by atoms with Crippen molar-refractivity contribution in [3.63, 3.8) is 0 Å². The second-order valence-corrected chi connectivity index (χ2v) is 6.63. The number of thiocarbonyl (C=S) groups is 1. The van der Waals surface area contributed by atoms with Crippen LogP contribution in [-0.4, -0.2) is 49.5 Å². The molecule has 1 N–H and O–H groups in total. The van der Waals surface area contributed by atoms with Crippen molar-refractivity contribution in [2.75, 3.05) is 36.0 Å². The summed E-state index contributed by atoms with van der Waals surface area (Å²) in [6.07, 6.45) is -6.84. The molecule has 27 heavy (non-hydrogen) atoms. The first-order valence-corrected chi connectivity index (χ1v) is 8.46. The summed E-state index contributed by atoms with van der Waals surface area (Å²) in [5, 5.41) is 2.86. The van der Waals surface area contributed by atoms with Crippen molar-refractivity contribution < 1.29 is 32.2 Å². The zero-order chi connectivity index (χ0) is 19.8. The van der Waals surface area contributed by atoms with Gasteiger partial charge in [-0.2, -0.15) is 13.2 Å². The summed E-state index contributed by atoms with van der Waals surface area (Å²) in [6.45, 7) is 2.06. The highest BCUT2D eigenvalue weighted by Crippen LogP contribution is 2.40. The van der Waals surface area contributed by atoms with E-state index in [0.717, 1.165) is 21.9 Å². The highest BCUT2D eigenvalue weighted by molar-refractivity contribution is 7.80. The molecule has 1 unspecified atom stereocenters. The molecule has 3 rings (SSSR count). The van der Waals surface area contributed by atoms with Gasteiger partial charge in [-0.05, 0) is 25.1 Å². The third kappa shape index (κ3) is 4.07. The predicted octanol–water partition coefficient (Wildman–Crippen LogP) is 2.92. The molecule has 0 spiro atoms. The topological polar surface area (TPSA) is 71.1 Å². The van der Waals surface area contributed by atoms with Crippen LogP contribution >= 0.6 is 12.2 Å². The van der Waals surface area contributed by atoms with Gasteiger partial charge in [0.05, 0.1) is 35.9 Å². The van der Waals surface area contributed by atoms with Crippen molar-refractivity contribution in [2.45, 2.75) is 19.2 Å². The SMILES string of the molecule is CC(=S)NCC1CN(c2ccc(N3CCOC3=O)c(C(F)(F)F)c2)C(=O)O1. The lowest BCUT2D eigenvalue weighted by Crippen LogP contribution is -2.32. The molecule has 2 fully saturated rings. The molecule has 146 valence electrons. The molecule has 7 nitrogen and oxygen atoms in total. The van der Waals surface area contributed by atoms with E-state index >= 15 is 0 Å². The molecule has 1 aromatic rings. The van der Waals surface area contributed by atoms with E-state index in [9.17, 15) is 22.8 Å². The Morgan fingerprint density at radius 3 is 2.63 bits per heavy atom. The zero-order valence-electron chi connectivity index (χ0n) is 14.2. The van der Waals surface area contributed by atoms with Gasteiger partial charge < -0.3 is 14.8 Å². The van der Waals surface area contributed by atoms with E-state index in [-0.39, 0.29) is 37.6 Å². The van der Waals surface area contributed by atoms with E-state index in [1.165, 1.54) is 6.07 Å². The first kappa shape index (κ1) is 19.2. The second-order valence-electron chi connectivity index (χ2n) is 6.02. The summed E-state index contributed by atoms with van der Waals surface area (Å²) in [7, 11) is 0. The van der Waals surface area contributed by atoms with Gasteiger partial charge >= 0.3 is 18.4 Å². The lowest BCUT2D eigenvalue weighted by Gasteiger charge is -2.22. The number of hydrogen-bond donors (Lipinski definition) is 1. The van der Waals surface area contributed by atoms with Gasteiger partial charge in [0, 0.05) is 5.69 Å². The quantitative estimate of drug-likeness (QED) is 0.780. The number of ether oxygens (including phenoxy) is 2. The second kappa shape index (κ2) is 7.22. The van der Waals surface area contributed by atoms with E-state index < -0.39 is 30.0 Å². The minimum Gasteiger partial charge on any atom is -0.447 e. The van der Waals surface area contributed by atoms with Crippen molar-refractivity contribution in [1.82, 2.24) is 5.32 Å². The molecule has 0 bridgehead atoms. The van der Waals surface area contributed by atoms with Crippen LogP contribution in [0.4, 0.5) is 34.1 Å². The zero-order valence-corrected chi connectivity index (χ0v) is 15.0. The summed E-state index contributed by atoms with van der Waals surface area (Å²) >= 11 is 4.88. The maximum Gasteiger partial charge on any atom is 0.418 e. The lowest BCUT2D eigenvalue weighted by atomic mass is 10.1. The summed E-state index contributed by atoms with van der Waals surface area (Å²) in [5.41, 5.74) is -1.30. The minimum atomic E-state index is -4.72. The van der Waals surface area contributed by atoms with E-state index in [1.54, 1.807) is 6.92 Å². The number of rotatable bonds is 4. The number of benzene rings is 1. The van der Waals surface area contributed by atoms with Crippen molar-refractivity contribution in [3.8, 4) is 0 Å². The summed E-state index contributed by atoms with van der Waals surface area (Å²) in [5.74, 6) is 0. The third-order valence-electron chi connectivity index (χ3n) is 4.10. The van der Waals surface area contributed by atoms with Crippen LogP contribution in [0.1, 0.15) is 12.5 Å². The fraction of sp³-hybridized carbons (Fsp3) is 0.438. The van der Waals surface area contributed by atoms with Gasteiger partial charge in [0.1, 0.15) is 12.7 Å². The van der Waals surface area contributed by atoms with Gasteiger partial charge in [0.25, 0.3) is 0 Å². The largest absolute Gasteiger partial charge is 0.447 e. The van der Waals surface area contributed by atoms with Crippen LogP contribution in [-0.2, 0) is 15.7 Å². The Morgan fingerprint density at radius 2 is 2.04 bits per heavy atom. The molecule has 1 atom stereocenters. The molecular formula is C16H16F3N3O4S. The molecule has 0 radical (unpaired) electrons. The Bertz CT molecular complexity index is 787. The molecule has 2 aliphatic heterocycles. The number of nitrogens with one attached hydrogen (secondary N) is 1. The Balaban J connectivity index is 1.87. The summed E-state index contributed by atoms with van der Waals surface area (Å²) < 4.78 is 50.5. The maximum absolute atomic E-state index is 13.5. The van der Waals surface area contributed by atoms with Crippen LogP contribution < -0.4 is 15.1 Å². The number of alkyl halides is 3. The number of nitrogens with zero attached hydrogens (tertiary/aromatic N) is 2. The Morgan fingerprint density at radius 1 is 1.30 bits per heavy atom. The van der Waals surface area contributed by atoms with Crippen molar-refractivity contribution in [1.29, 1.82) is 0 Å². The molecule has 2 aliphatic rings. The normalized spacial score (nSPS) is 19.9. The molecule has 11 heteroatoms.